The minimum absolute atomic E-state index is 0.0321. The van der Waals surface area contributed by atoms with Gasteiger partial charge >= 0.3 is 0 Å². The molecule has 0 aliphatic heterocycles. The highest BCUT2D eigenvalue weighted by Crippen LogP contribution is 2.25. The van der Waals surface area contributed by atoms with Crippen LogP contribution >= 0.6 is 11.6 Å². The minimum Gasteiger partial charge on any atom is -0.495 e. The van der Waals surface area contributed by atoms with Gasteiger partial charge in [-0.1, -0.05) is 6.07 Å². The quantitative estimate of drug-likeness (QED) is 0.807. The molecule has 0 radical (unpaired) electrons. The van der Waals surface area contributed by atoms with Gasteiger partial charge in [0.1, 0.15) is 5.75 Å². The first-order chi connectivity index (χ1) is 9.06. The number of aryl methyl sites for hydroxylation is 2. The number of hydrogen-bond donors (Lipinski definition) is 0. The summed E-state index contributed by atoms with van der Waals surface area (Å²) in [6, 6.07) is 7.53. The van der Waals surface area contributed by atoms with Crippen molar-refractivity contribution in [3.63, 3.8) is 0 Å². The Hall–Kier alpha value is -1.74. The fraction of sp³-hybridized carbons (Fsp3) is 0.267. The first-order valence-electron chi connectivity index (χ1n) is 6.00. The van der Waals surface area contributed by atoms with Crippen molar-refractivity contribution in [3.05, 3.63) is 57.5 Å². The van der Waals surface area contributed by atoms with E-state index in [4.69, 9.17) is 16.3 Å². The second-order valence-corrected chi connectivity index (χ2v) is 4.75. The molecule has 2 rings (SSSR count). The average Bonchev–Trinajstić information content (AvgIpc) is 2.39. The Morgan fingerprint density at radius 3 is 2.63 bits per heavy atom. The lowest BCUT2D eigenvalue weighted by Gasteiger charge is -2.16. The Labute approximate surface area is 117 Å². The summed E-state index contributed by atoms with van der Waals surface area (Å²) in [4.78, 5) is 11.7. The van der Waals surface area contributed by atoms with Crippen LogP contribution in [-0.2, 0) is 5.88 Å². The van der Waals surface area contributed by atoms with Gasteiger partial charge < -0.3 is 9.30 Å². The van der Waals surface area contributed by atoms with E-state index in [0.717, 1.165) is 22.7 Å². The molecular formula is C15H16ClNO2. The molecule has 0 saturated carbocycles. The predicted molar refractivity (Wildman–Crippen MR) is 77.6 cm³/mol. The first-order valence-corrected chi connectivity index (χ1v) is 6.53. The van der Waals surface area contributed by atoms with Crippen LogP contribution in [0.5, 0.6) is 5.75 Å². The Balaban J connectivity index is 2.71. The van der Waals surface area contributed by atoms with E-state index in [0.29, 0.717) is 5.56 Å². The van der Waals surface area contributed by atoms with E-state index in [2.05, 4.69) is 0 Å². The second kappa shape index (κ2) is 5.49. The number of halogens is 1. The van der Waals surface area contributed by atoms with Crippen LogP contribution in [0, 0.1) is 13.8 Å². The number of ether oxygens (including phenoxy) is 1. The zero-order valence-corrected chi connectivity index (χ0v) is 12.0. The maximum Gasteiger partial charge on any atom is 0.186 e. The third-order valence-corrected chi connectivity index (χ3v) is 3.35. The minimum atomic E-state index is -0.0321. The summed E-state index contributed by atoms with van der Waals surface area (Å²) in [6.45, 7) is 3.91. The van der Waals surface area contributed by atoms with E-state index in [1.807, 2.05) is 36.6 Å². The van der Waals surface area contributed by atoms with Gasteiger partial charge in [-0.05, 0) is 31.5 Å². The Bertz CT molecular complexity index is 662. The zero-order valence-electron chi connectivity index (χ0n) is 11.2. The first kappa shape index (κ1) is 13.7. The largest absolute Gasteiger partial charge is 0.495 e. The highest BCUT2D eigenvalue weighted by atomic mass is 35.5. The molecule has 100 valence electrons. The average molecular weight is 278 g/mol. The summed E-state index contributed by atoms with van der Waals surface area (Å²) in [7, 11) is 1.63. The van der Waals surface area contributed by atoms with Crippen LogP contribution in [-0.4, -0.2) is 11.7 Å². The highest BCUT2D eigenvalue weighted by Gasteiger charge is 2.09. The van der Waals surface area contributed by atoms with E-state index in [9.17, 15) is 4.79 Å². The molecule has 0 amide bonds. The van der Waals surface area contributed by atoms with Crippen LogP contribution in [0.4, 0.5) is 0 Å². The molecule has 1 aromatic carbocycles. The molecule has 1 aromatic heterocycles. The van der Waals surface area contributed by atoms with Crippen molar-refractivity contribution in [2.75, 3.05) is 7.11 Å². The van der Waals surface area contributed by atoms with Crippen molar-refractivity contribution in [3.8, 4) is 11.4 Å². The van der Waals surface area contributed by atoms with Gasteiger partial charge in [-0.25, -0.2) is 0 Å². The lowest BCUT2D eigenvalue weighted by atomic mass is 10.1. The van der Waals surface area contributed by atoms with Gasteiger partial charge in [0.2, 0.25) is 0 Å². The standard InChI is InChI=1S/C15H16ClNO2/c1-10-4-5-15(19-3)13(6-10)17-9-12(8-16)14(18)7-11(17)2/h4-7,9H,8H2,1-3H3. The zero-order chi connectivity index (χ0) is 14.0. The predicted octanol–water partition coefficient (Wildman–Crippen LogP) is 3.20. The molecule has 2 aromatic rings. The fourth-order valence-corrected chi connectivity index (χ4v) is 2.22. The number of rotatable bonds is 3. The number of alkyl halides is 1. The van der Waals surface area contributed by atoms with Crippen molar-refractivity contribution in [1.29, 1.82) is 0 Å². The fourth-order valence-electron chi connectivity index (χ4n) is 2.02. The van der Waals surface area contributed by atoms with Gasteiger partial charge in [-0.3, -0.25) is 4.79 Å². The van der Waals surface area contributed by atoms with E-state index in [-0.39, 0.29) is 11.3 Å². The molecule has 4 heteroatoms. The molecule has 0 spiro atoms. The third-order valence-electron chi connectivity index (χ3n) is 3.06. The van der Waals surface area contributed by atoms with Gasteiger partial charge in [0.05, 0.1) is 18.7 Å². The summed E-state index contributed by atoms with van der Waals surface area (Å²) in [5, 5.41) is 0. The highest BCUT2D eigenvalue weighted by molar-refractivity contribution is 6.17. The number of aromatic nitrogens is 1. The number of hydrogen-bond acceptors (Lipinski definition) is 2. The van der Waals surface area contributed by atoms with Crippen molar-refractivity contribution >= 4 is 11.6 Å². The van der Waals surface area contributed by atoms with E-state index in [1.165, 1.54) is 0 Å². The molecule has 0 aliphatic rings. The maximum atomic E-state index is 11.7. The maximum absolute atomic E-state index is 11.7. The van der Waals surface area contributed by atoms with Gasteiger partial charge in [0.25, 0.3) is 0 Å². The molecule has 0 unspecified atom stereocenters. The Kier molecular flexibility index (Phi) is 3.96. The van der Waals surface area contributed by atoms with Crippen LogP contribution in [0.3, 0.4) is 0 Å². The third kappa shape index (κ3) is 2.66. The number of pyridine rings is 1. The van der Waals surface area contributed by atoms with Crippen molar-refractivity contribution in [1.82, 2.24) is 4.57 Å². The van der Waals surface area contributed by atoms with E-state index in [1.54, 1.807) is 19.4 Å². The van der Waals surface area contributed by atoms with E-state index >= 15 is 0 Å². The van der Waals surface area contributed by atoms with Gasteiger partial charge in [0.15, 0.2) is 5.43 Å². The van der Waals surface area contributed by atoms with Crippen molar-refractivity contribution in [2.45, 2.75) is 19.7 Å². The molecule has 0 N–H and O–H groups in total. The van der Waals surface area contributed by atoms with Crippen molar-refractivity contribution < 1.29 is 4.74 Å². The normalized spacial score (nSPS) is 10.5. The molecule has 0 fully saturated rings. The topological polar surface area (TPSA) is 31.2 Å². The summed E-state index contributed by atoms with van der Waals surface area (Å²) >= 11 is 5.80. The van der Waals surface area contributed by atoms with Crippen LogP contribution in [0.2, 0.25) is 0 Å². The molecule has 0 aliphatic carbocycles. The summed E-state index contributed by atoms with van der Waals surface area (Å²) in [5.41, 5.74) is 3.43. The summed E-state index contributed by atoms with van der Waals surface area (Å²) in [6.07, 6.45) is 1.78. The van der Waals surface area contributed by atoms with Crippen molar-refractivity contribution in [2.24, 2.45) is 0 Å². The molecule has 0 atom stereocenters. The number of methoxy groups -OCH3 is 1. The van der Waals surface area contributed by atoms with Gasteiger partial charge in [0, 0.05) is 23.5 Å². The van der Waals surface area contributed by atoms with Gasteiger partial charge in [-0.2, -0.15) is 0 Å². The SMILES string of the molecule is COc1ccc(C)cc1-n1cc(CCl)c(=O)cc1C. The monoisotopic (exact) mass is 277 g/mol. The number of benzene rings is 1. The lowest BCUT2D eigenvalue weighted by molar-refractivity contribution is 0.412. The van der Waals surface area contributed by atoms with Crippen LogP contribution in [0.25, 0.3) is 5.69 Å². The molecular weight excluding hydrogens is 262 g/mol. The summed E-state index contributed by atoms with van der Waals surface area (Å²) < 4.78 is 7.32. The Morgan fingerprint density at radius 2 is 2.00 bits per heavy atom. The van der Waals surface area contributed by atoms with Crippen LogP contribution < -0.4 is 10.2 Å². The number of nitrogens with zero attached hydrogens (tertiary/aromatic N) is 1. The lowest BCUT2D eigenvalue weighted by Crippen LogP contribution is -2.13. The van der Waals surface area contributed by atoms with Crippen LogP contribution in [0.1, 0.15) is 16.8 Å². The molecule has 0 bridgehead atoms. The molecule has 0 saturated heterocycles. The molecule has 1 heterocycles. The molecule has 3 nitrogen and oxygen atoms in total. The molecule has 19 heavy (non-hydrogen) atoms. The Morgan fingerprint density at radius 1 is 1.26 bits per heavy atom. The van der Waals surface area contributed by atoms with Crippen LogP contribution in [0.15, 0.2) is 35.3 Å². The smallest absolute Gasteiger partial charge is 0.186 e. The van der Waals surface area contributed by atoms with E-state index < -0.39 is 0 Å². The second-order valence-electron chi connectivity index (χ2n) is 4.48. The summed E-state index contributed by atoms with van der Waals surface area (Å²) in [5.74, 6) is 0.964. The van der Waals surface area contributed by atoms with Gasteiger partial charge in [-0.15, -0.1) is 11.6 Å².